The van der Waals surface area contributed by atoms with Crippen LogP contribution in [0.3, 0.4) is 0 Å². The first-order valence-corrected chi connectivity index (χ1v) is 4.29. The molecule has 0 radical (unpaired) electrons. The van der Waals surface area contributed by atoms with Crippen molar-refractivity contribution in [2.75, 3.05) is 0 Å². The summed E-state index contributed by atoms with van der Waals surface area (Å²) in [6, 6.07) is 0. The molecule has 1 aliphatic heterocycles. The third kappa shape index (κ3) is 2.86. The Morgan fingerprint density at radius 1 is 1.55 bits per heavy atom. The van der Waals surface area contributed by atoms with Gasteiger partial charge in [-0.2, -0.15) is 0 Å². The van der Waals surface area contributed by atoms with E-state index >= 15 is 0 Å². The van der Waals surface area contributed by atoms with E-state index in [2.05, 4.69) is 4.74 Å². The summed E-state index contributed by atoms with van der Waals surface area (Å²) >= 11 is 22.0. The molecule has 0 aliphatic carbocycles. The molecule has 1 atom stereocenters. The second kappa shape index (κ2) is 2.84. The number of ether oxygens (including phenoxy) is 1. The maximum Gasteiger partial charge on any atom is 0.312 e. The van der Waals surface area contributed by atoms with Gasteiger partial charge < -0.3 is 4.74 Å². The Balaban J connectivity index is 2.44. The van der Waals surface area contributed by atoms with E-state index in [0.717, 1.165) is 0 Å². The van der Waals surface area contributed by atoms with Crippen LogP contribution in [-0.2, 0) is 9.53 Å². The number of alkyl halides is 4. The zero-order chi connectivity index (χ0) is 8.70. The Bertz CT molecular complexity index is 177. The number of carbonyl (C=O) groups is 1. The van der Waals surface area contributed by atoms with Crippen LogP contribution in [0.15, 0.2) is 0 Å². The molecule has 0 aromatic heterocycles. The van der Waals surface area contributed by atoms with Crippen LogP contribution in [0, 0.1) is 0 Å². The molecule has 0 amide bonds. The molecule has 0 spiro atoms. The van der Waals surface area contributed by atoms with Gasteiger partial charge in [-0.25, -0.2) is 0 Å². The van der Waals surface area contributed by atoms with E-state index in [1.807, 2.05) is 0 Å². The van der Waals surface area contributed by atoms with Crippen molar-refractivity contribution >= 4 is 52.4 Å². The van der Waals surface area contributed by atoms with E-state index < -0.39 is 8.85 Å². The molecule has 0 aromatic rings. The zero-order valence-corrected chi connectivity index (χ0v) is 8.27. The van der Waals surface area contributed by atoms with Gasteiger partial charge in [-0.15, -0.1) is 0 Å². The fourth-order valence-electron chi connectivity index (χ4n) is 0.809. The summed E-state index contributed by atoms with van der Waals surface area (Å²) in [5.74, 6) is -0.366. The summed E-state index contributed by atoms with van der Waals surface area (Å²) in [6.45, 7) is 0. The van der Waals surface area contributed by atoms with E-state index in [-0.39, 0.29) is 18.8 Å². The van der Waals surface area contributed by atoms with Crippen LogP contribution in [0.25, 0.3) is 0 Å². The van der Waals surface area contributed by atoms with Crippen LogP contribution in [0.2, 0.25) is 0 Å². The van der Waals surface area contributed by atoms with Gasteiger partial charge in [-0.3, -0.25) is 4.79 Å². The van der Waals surface area contributed by atoms with E-state index in [0.29, 0.717) is 0 Å². The fraction of sp³-hybridized carbons (Fsp3) is 0.800. The summed E-state index contributed by atoms with van der Waals surface area (Å²) in [4.78, 5) is 10.4. The lowest BCUT2D eigenvalue weighted by Crippen LogP contribution is -2.45. The minimum atomic E-state index is -1.47. The lowest BCUT2D eigenvalue weighted by Gasteiger charge is -2.36. The molecule has 1 heterocycles. The Labute approximate surface area is 83.7 Å². The van der Waals surface area contributed by atoms with Crippen LogP contribution in [0.5, 0.6) is 0 Å². The topological polar surface area (TPSA) is 26.3 Å². The van der Waals surface area contributed by atoms with Crippen molar-refractivity contribution in [3.8, 4) is 0 Å². The minimum Gasteiger partial charge on any atom is -0.442 e. The average molecular weight is 238 g/mol. The summed E-state index contributed by atoms with van der Waals surface area (Å²) in [6.07, 6.45) is 0.112. The van der Waals surface area contributed by atoms with Crippen molar-refractivity contribution in [3.05, 3.63) is 0 Å². The van der Waals surface area contributed by atoms with Crippen molar-refractivity contribution in [1.29, 1.82) is 0 Å². The first-order valence-electron chi connectivity index (χ1n) is 2.78. The standard InChI is InChI=1S/C5H4Cl4O2/c6-4(1-3(10)11-4)2-5(7,8)9/h1-2H2. The highest BCUT2D eigenvalue weighted by Crippen LogP contribution is 2.44. The molecule has 1 aliphatic rings. The number of carbonyl (C=O) groups excluding carboxylic acids is 1. The average Bonchev–Trinajstić information content (AvgIpc) is 1.53. The van der Waals surface area contributed by atoms with Crippen molar-refractivity contribution in [3.63, 3.8) is 0 Å². The maximum atomic E-state index is 10.4. The first kappa shape index (κ1) is 9.72. The Kier molecular flexibility index (Phi) is 2.51. The van der Waals surface area contributed by atoms with Gasteiger partial charge in [0.2, 0.25) is 0 Å². The molecule has 1 rings (SSSR count). The minimum absolute atomic E-state index is 0.0119. The molecule has 0 bridgehead atoms. The molecule has 64 valence electrons. The quantitative estimate of drug-likeness (QED) is 0.518. The van der Waals surface area contributed by atoms with Crippen LogP contribution >= 0.6 is 46.4 Å². The highest BCUT2D eigenvalue weighted by molar-refractivity contribution is 6.67. The van der Waals surface area contributed by atoms with Gasteiger partial charge in [0, 0.05) is 6.42 Å². The molecular formula is C5H4Cl4O2. The maximum absolute atomic E-state index is 10.4. The summed E-state index contributed by atoms with van der Waals surface area (Å²) < 4.78 is 3.11. The predicted molar refractivity (Wildman–Crippen MR) is 44.2 cm³/mol. The number of esters is 1. The summed E-state index contributed by atoms with van der Waals surface area (Å²) in [7, 11) is 0. The van der Waals surface area contributed by atoms with Gasteiger partial charge in [0.15, 0.2) is 8.85 Å². The van der Waals surface area contributed by atoms with Gasteiger partial charge >= 0.3 is 5.97 Å². The Hall–Kier alpha value is 0.630. The third-order valence-electron chi connectivity index (χ3n) is 1.17. The lowest BCUT2D eigenvalue weighted by atomic mass is 10.1. The lowest BCUT2D eigenvalue weighted by molar-refractivity contribution is -0.176. The predicted octanol–water partition coefficient (Wildman–Crippen LogP) is 2.63. The van der Waals surface area contributed by atoms with Gasteiger partial charge in [0.05, 0.1) is 0 Å². The second-order valence-corrected chi connectivity index (χ2v) is 5.53. The van der Waals surface area contributed by atoms with E-state index in [4.69, 9.17) is 46.4 Å². The molecule has 0 N–H and O–H groups in total. The highest BCUT2D eigenvalue weighted by Gasteiger charge is 2.49. The molecule has 11 heavy (non-hydrogen) atoms. The fourth-order valence-corrected chi connectivity index (χ4v) is 2.06. The molecular weight excluding hydrogens is 234 g/mol. The van der Waals surface area contributed by atoms with E-state index in [1.54, 1.807) is 0 Å². The van der Waals surface area contributed by atoms with Crippen LogP contribution in [-0.4, -0.2) is 14.8 Å². The van der Waals surface area contributed by atoms with Crippen molar-refractivity contribution in [2.45, 2.75) is 21.7 Å². The first-order chi connectivity index (χ1) is 4.81. The normalized spacial score (nSPS) is 31.1. The molecule has 0 saturated carbocycles. The van der Waals surface area contributed by atoms with Gasteiger partial charge in [0.25, 0.3) is 0 Å². The summed E-state index contributed by atoms with van der Waals surface area (Å²) in [5, 5.41) is -1.09. The van der Waals surface area contributed by atoms with E-state index in [1.165, 1.54) is 0 Å². The molecule has 1 saturated heterocycles. The molecule has 2 nitrogen and oxygen atoms in total. The van der Waals surface area contributed by atoms with Crippen molar-refractivity contribution in [1.82, 2.24) is 0 Å². The summed E-state index contributed by atoms with van der Waals surface area (Å²) in [5.41, 5.74) is 0. The van der Waals surface area contributed by atoms with Crippen LogP contribution < -0.4 is 0 Å². The Morgan fingerprint density at radius 3 is 2.27 bits per heavy atom. The van der Waals surface area contributed by atoms with Gasteiger partial charge in [0.1, 0.15) is 6.42 Å². The van der Waals surface area contributed by atoms with Crippen molar-refractivity contribution < 1.29 is 9.53 Å². The SMILES string of the molecule is O=C1CC(Cl)(CC(Cl)(Cl)Cl)O1. The largest absolute Gasteiger partial charge is 0.442 e. The highest BCUT2D eigenvalue weighted by atomic mass is 35.6. The van der Waals surface area contributed by atoms with Crippen LogP contribution in [0.4, 0.5) is 0 Å². The monoisotopic (exact) mass is 236 g/mol. The number of rotatable bonds is 1. The third-order valence-corrected chi connectivity index (χ3v) is 1.91. The molecule has 0 aromatic carbocycles. The Morgan fingerprint density at radius 2 is 2.00 bits per heavy atom. The zero-order valence-electron chi connectivity index (χ0n) is 5.24. The number of halogens is 4. The number of cyclic esters (lactones) is 1. The molecule has 1 unspecified atom stereocenters. The second-order valence-electron chi connectivity index (χ2n) is 2.33. The van der Waals surface area contributed by atoms with Crippen LogP contribution in [0.1, 0.15) is 12.8 Å². The van der Waals surface area contributed by atoms with E-state index in [9.17, 15) is 4.79 Å². The number of hydrogen-bond donors (Lipinski definition) is 0. The number of hydrogen-bond acceptors (Lipinski definition) is 2. The molecule has 6 heteroatoms. The van der Waals surface area contributed by atoms with Crippen molar-refractivity contribution in [2.24, 2.45) is 0 Å². The molecule has 1 fully saturated rings. The van der Waals surface area contributed by atoms with Gasteiger partial charge in [-0.1, -0.05) is 46.4 Å². The van der Waals surface area contributed by atoms with Gasteiger partial charge in [-0.05, 0) is 0 Å². The smallest absolute Gasteiger partial charge is 0.312 e.